The van der Waals surface area contributed by atoms with Gasteiger partial charge in [-0.1, -0.05) is 0 Å². The summed E-state index contributed by atoms with van der Waals surface area (Å²) in [7, 11) is 0. The molecular weight excluding hydrogens is 104 g/mol. The number of rotatable bonds is 0. The molecule has 2 heteroatoms. The van der Waals surface area contributed by atoms with Crippen molar-refractivity contribution in [3.05, 3.63) is 0 Å². The zero-order valence-electron chi connectivity index (χ0n) is 4.76. The summed E-state index contributed by atoms with van der Waals surface area (Å²) in [5.74, 6) is 0.483. The van der Waals surface area contributed by atoms with E-state index in [1.807, 2.05) is 0 Å². The number of fused-ring (bicyclic) bond motifs is 1. The van der Waals surface area contributed by atoms with Crippen LogP contribution in [0.1, 0.15) is 12.8 Å². The molecule has 46 valence electrons. The molecule has 0 aromatic rings. The molecule has 2 aliphatic rings. The lowest BCUT2D eigenvalue weighted by Gasteiger charge is -2.15. The summed E-state index contributed by atoms with van der Waals surface area (Å²) < 4.78 is 5.13. The molecule has 0 aromatic carbocycles. The number of ether oxygens (including phenoxy) is 1. The monoisotopic (exact) mass is 114 g/mol. The predicted molar refractivity (Wildman–Crippen MR) is 28.5 cm³/mol. The van der Waals surface area contributed by atoms with E-state index in [0.29, 0.717) is 5.92 Å². The second-order valence-electron chi connectivity index (χ2n) is 2.83. The molecule has 2 unspecified atom stereocenters. The van der Waals surface area contributed by atoms with Crippen LogP contribution in [-0.2, 0) is 4.74 Å². The summed E-state index contributed by atoms with van der Waals surface area (Å²) in [6, 6.07) is 0. The molecule has 0 amide bonds. The predicted octanol–water partition coefficient (Wildman–Crippen LogP) is 0.158. The Morgan fingerprint density at radius 2 is 2.50 bits per heavy atom. The summed E-state index contributed by atoms with van der Waals surface area (Å²) in [6.45, 7) is 1.55. The van der Waals surface area contributed by atoms with Crippen LogP contribution in [0.5, 0.6) is 0 Å². The molecule has 1 heterocycles. The first-order valence-electron chi connectivity index (χ1n) is 3.11. The molecule has 1 saturated carbocycles. The van der Waals surface area contributed by atoms with Gasteiger partial charge in [-0.25, -0.2) is 0 Å². The van der Waals surface area contributed by atoms with Gasteiger partial charge in [-0.3, -0.25) is 0 Å². The quantitative estimate of drug-likeness (QED) is 0.486. The molecule has 8 heavy (non-hydrogen) atoms. The average Bonchev–Trinajstić information content (AvgIpc) is 2.39. The molecule has 1 aliphatic heterocycles. The third-order valence-electron chi connectivity index (χ3n) is 2.20. The maximum Gasteiger partial charge on any atom is 0.0725 e. The standard InChI is InChI=1S/C6H10O2/c7-6-1-2-8-4-5(6)3-6/h5,7H,1-4H2. The molecule has 0 aromatic heterocycles. The van der Waals surface area contributed by atoms with Crippen molar-refractivity contribution in [1.82, 2.24) is 0 Å². The SMILES string of the molecule is OC12CCOCC1C2. The van der Waals surface area contributed by atoms with Crippen LogP contribution in [0.25, 0.3) is 0 Å². The molecule has 0 spiro atoms. The Bertz CT molecular complexity index is 111. The molecule has 1 aliphatic carbocycles. The third kappa shape index (κ3) is 0.501. The fourth-order valence-corrected chi connectivity index (χ4v) is 1.36. The zero-order valence-corrected chi connectivity index (χ0v) is 4.76. The highest BCUT2D eigenvalue weighted by atomic mass is 16.5. The largest absolute Gasteiger partial charge is 0.389 e. The Labute approximate surface area is 48.5 Å². The normalized spacial score (nSPS) is 52.9. The molecule has 2 fully saturated rings. The molecule has 1 N–H and O–H groups in total. The minimum Gasteiger partial charge on any atom is -0.389 e. The first-order valence-corrected chi connectivity index (χ1v) is 3.11. The highest BCUT2D eigenvalue weighted by Gasteiger charge is 2.54. The van der Waals surface area contributed by atoms with Crippen molar-refractivity contribution >= 4 is 0 Å². The van der Waals surface area contributed by atoms with E-state index in [0.717, 1.165) is 26.1 Å². The maximum absolute atomic E-state index is 9.37. The summed E-state index contributed by atoms with van der Waals surface area (Å²) in [4.78, 5) is 0. The summed E-state index contributed by atoms with van der Waals surface area (Å²) in [5.41, 5.74) is -0.280. The van der Waals surface area contributed by atoms with Gasteiger partial charge in [0.1, 0.15) is 0 Å². The van der Waals surface area contributed by atoms with E-state index < -0.39 is 0 Å². The van der Waals surface area contributed by atoms with Gasteiger partial charge in [0.2, 0.25) is 0 Å². The van der Waals surface area contributed by atoms with Gasteiger partial charge >= 0.3 is 0 Å². The van der Waals surface area contributed by atoms with Crippen molar-refractivity contribution in [2.75, 3.05) is 13.2 Å². The van der Waals surface area contributed by atoms with Gasteiger partial charge in [-0.05, 0) is 12.8 Å². The van der Waals surface area contributed by atoms with E-state index in [9.17, 15) is 5.11 Å². The lowest BCUT2D eigenvalue weighted by molar-refractivity contribution is 0.00427. The van der Waals surface area contributed by atoms with Crippen molar-refractivity contribution < 1.29 is 9.84 Å². The van der Waals surface area contributed by atoms with Gasteiger partial charge in [0.05, 0.1) is 12.2 Å². The Morgan fingerprint density at radius 3 is 3.00 bits per heavy atom. The molecule has 2 atom stereocenters. The van der Waals surface area contributed by atoms with Crippen molar-refractivity contribution in [1.29, 1.82) is 0 Å². The molecule has 2 nitrogen and oxygen atoms in total. The number of hydrogen-bond donors (Lipinski definition) is 1. The second-order valence-corrected chi connectivity index (χ2v) is 2.83. The Morgan fingerprint density at radius 1 is 1.62 bits per heavy atom. The van der Waals surface area contributed by atoms with Gasteiger partial charge in [0.25, 0.3) is 0 Å². The van der Waals surface area contributed by atoms with Crippen LogP contribution in [0.2, 0.25) is 0 Å². The first-order chi connectivity index (χ1) is 3.81. The summed E-state index contributed by atoms with van der Waals surface area (Å²) >= 11 is 0. The second kappa shape index (κ2) is 1.25. The van der Waals surface area contributed by atoms with Crippen LogP contribution in [-0.4, -0.2) is 23.9 Å². The van der Waals surface area contributed by atoms with Gasteiger partial charge < -0.3 is 9.84 Å². The van der Waals surface area contributed by atoms with Gasteiger partial charge in [0.15, 0.2) is 0 Å². The van der Waals surface area contributed by atoms with E-state index in [1.165, 1.54) is 0 Å². The van der Waals surface area contributed by atoms with Crippen molar-refractivity contribution in [3.8, 4) is 0 Å². The number of aliphatic hydroxyl groups is 1. The minimum absolute atomic E-state index is 0.280. The molecule has 2 rings (SSSR count). The van der Waals surface area contributed by atoms with Crippen molar-refractivity contribution in [2.45, 2.75) is 18.4 Å². The molecule has 0 radical (unpaired) electrons. The van der Waals surface area contributed by atoms with Crippen LogP contribution < -0.4 is 0 Å². The average molecular weight is 114 g/mol. The smallest absolute Gasteiger partial charge is 0.0725 e. The van der Waals surface area contributed by atoms with E-state index >= 15 is 0 Å². The van der Waals surface area contributed by atoms with Crippen molar-refractivity contribution in [2.24, 2.45) is 5.92 Å². The van der Waals surface area contributed by atoms with Crippen LogP contribution >= 0.6 is 0 Å². The van der Waals surface area contributed by atoms with Crippen molar-refractivity contribution in [3.63, 3.8) is 0 Å². The van der Waals surface area contributed by atoms with Gasteiger partial charge in [-0.2, -0.15) is 0 Å². The fourth-order valence-electron chi connectivity index (χ4n) is 1.36. The van der Waals surface area contributed by atoms with Crippen LogP contribution in [0.4, 0.5) is 0 Å². The van der Waals surface area contributed by atoms with Gasteiger partial charge in [0, 0.05) is 12.5 Å². The lowest BCUT2D eigenvalue weighted by Crippen LogP contribution is -2.22. The summed E-state index contributed by atoms with van der Waals surface area (Å²) in [6.07, 6.45) is 1.84. The maximum atomic E-state index is 9.37. The van der Waals surface area contributed by atoms with E-state index in [4.69, 9.17) is 4.74 Å². The molecule has 1 saturated heterocycles. The van der Waals surface area contributed by atoms with Gasteiger partial charge in [-0.15, -0.1) is 0 Å². The zero-order chi connectivity index (χ0) is 5.61. The minimum atomic E-state index is -0.280. The Kier molecular flexibility index (Phi) is 0.746. The van der Waals surface area contributed by atoms with Crippen LogP contribution in [0.3, 0.4) is 0 Å². The van der Waals surface area contributed by atoms with E-state index in [2.05, 4.69) is 0 Å². The Balaban J connectivity index is 2.04. The third-order valence-corrected chi connectivity index (χ3v) is 2.20. The highest BCUT2D eigenvalue weighted by molar-refractivity contribution is 5.04. The van der Waals surface area contributed by atoms with E-state index in [1.54, 1.807) is 0 Å². The van der Waals surface area contributed by atoms with Crippen LogP contribution in [0, 0.1) is 5.92 Å². The van der Waals surface area contributed by atoms with Crippen LogP contribution in [0.15, 0.2) is 0 Å². The Hall–Kier alpha value is -0.0800. The highest BCUT2D eigenvalue weighted by Crippen LogP contribution is 2.48. The number of hydrogen-bond acceptors (Lipinski definition) is 2. The summed E-state index contributed by atoms with van der Waals surface area (Å²) in [5, 5.41) is 9.37. The topological polar surface area (TPSA) is 29.5 Å². The molecule has 0 bridgehead atoms. The lowest BCUT2D eigenvalue weighted by atomic mass is 10.2. The van der Waals surface area contributed by atoms with E-state index in [-0.39, 0.29) is 5.60 Å². The first kappa shape index (κ1) is 4.77. The molecular formula is C6H10O2. The fraction of sp³-hybridized carbons (Fsp3) is 1.00.